The van der Waals surface area contributed by atoms with Crippen molar-refractivity contribution in [2.24, 2.45) is 5.92 Å². The van der Waals surface area contributed by atoms with Crippen molar-refractivity contribution in [3.8, 4) is 10.8 Å². The Balaban J connectivity index is 0.000000239. The Labute approximate surface area is 206 Å². The number of pyridine rings is 1. The van der Waals surface area contributed by atoms with E-state index in [1.54, 1.807) is 42.6 Å². The number of hydrogen-bond donors (Lipinski definition) is 3. The molecule has 0 radical (unpaired) electrons. The number of amides is 3. The van der Waals surface area contributed by atoms with Crippen molar-refractivity contribution >= 4 is 29.1 Å². The number of aromatic hydroxyl groups is 1. The van der Waals surface area contributed by atoms with E-state index in [-0.39, 0.29) is 15.5 Å². The first-order chi connectivity index (χ1) is 16.9. The summed E-state index contributed by atoms with van der Waals surface area (Å²) in [7, 11) is 0. The van der Waals surface area contributed by atoms with E-state index in [1.165, 1.54) is 35.6 Å². The lowest BCUT2D eigenvalue weighted by Crippen LogP contribution is -2.41. The number of nitrogens with one attached hydrogen (secondary N) is 2. The second kappa shape index (κ2) is 11.0. The molecule has 2 aliphatic rings. The third kappa shape index (κ3) is 6.36. The van der Waals surface area contributed by atoms with E-state index in [4.69, 9.17) is 0 Å². The van der Waals surface area contributed by atoms with Crippen LogP contribution in [0, 0.1) is 5.92 Å². The van der Waals surface area contributed by atoms with Gasteiger partial charge in [0.15, 0.2) is 5.06 Å². The maximum atomic E-state index is 12.1. The van der Waals surface area contributed by atoms with Crippen LogP contribution in [0.25, 0.3) is 5.69 Å². The molecule has 1 saturated carbocycles. The Hall–Kier alpha value is -3.92. The largest absolute Gasteiger partial charge is 0.499 e. The van der Waals surface area contributed by atoms with Gasteiger partial charge in [0.05, 0.1) is 4.88 Å². The fourth-order valence-electron chi connectivity index (χ4n) is 3.64. The number of aromatic nitrogens is 1. The number of carbonyl (C=O) groups excluding carboxylic acids is 3. The number of rotatable bonds is 4. The number of nitrogens with zero attached hydrogens (tertiary/aromatic N) is 2. The van der Waals surface area contributed by atoms with E-state index in [0.29, 0.717) is 23.1 Å². The van der Waals surface area contributed by atoms with Gasteiger partial charge in [-0.05, 0) is 68.1 Å². The van der Waals surface area contributed by atoms with Crippen molar-refractivity contribution in [2.75, 3.05) is 13.1 Å². The van der Waals surface area contributed by atoms with Gasteiger partial charge in [-0.2, -0.15) is 0 Å². The first kappa shape index (κ1) is 24.2. The van der Waals surface area contributed by atoms with Crippen LogP contribution in [0.5, 0.6) is 5.06 Å². The Morgan fingerprint density at radius 2 is 1.57 bits per heavy atom. The lowest BCUT2D eigenvalue weighted by Gasteiger charge is -2.13. The molecular weight excluding hydrogens is 468 g/mol. The van der Waals surface area contributed by atoms with Crippen LogP contribution in [0.15, 0.2) is 65.6 Å². The molecule has 0 unspecified atom stereocenters. The number of likely N-dealkylation sites (tertiary alicyclic amines) is 1. The monoisotopic (exact) mass is 494 g/mol. The van der Waals surface area contributed by atoms with Crippen LogP contribution in [-0.2, 0) is 4.79 Å². The van der Waals surface area contributed by atoms with Gasteiger partial charge in [-0.25, -0.2) is 0 Å². The molecule has 5 rings (SSSR count). The van der Waals surface area contributed by atoms with Crippen LogP contribution < -0.4 is 16.4 Å². The predicted octanol–water partition coefficient (Wildman–Crippen LogP) is 2.70. The summed E-state index contributed by atoms with van der Waals surface area (Å²) in [4.78, 5) is 49.3. The quantitative estimate of drug-likeness (QED) is 0.482. The van der Waals surface area contributed by atoms with Crippen LogP contribution in [0.1, 0.15) is 45.7 Å². The highest BCUT2D eigenvalue weighted by atomic mass is 32.1. The zero-order chi connectivity index (χ0) is 24.8. The van der Waals surface area contributed by atoms with Crippen LogP contribution in [0.4, 0.5) is 0 Å². The standard InChI is InChI=1S/C17H13N3O4S.C8H13NO/c21-14-3-1-2-10-20(14)12-6-4-11(5-7-12)16(23)18-19-17(24)13-8-9-15(22)25-13;10-8(7-3-4-7)9-5-1-2-6-9/h1-10,22H,(H,18,23)(H,19,24);7H,1-6H2. The van der Waals surface area contributed by atoms with Gasteiger partial charge in [0.1, 0.15) is 0 Å². The molecule has 1 aromatic carbocycles. The normalized spacial score (nSPS) is 14.6. The van der Waals surface area contributed by atoms with Crippen molar-refractivity contribution in [3.63, 3.8) is 0 Å². The molecule has 9 nitrogen and oxygen atoms in total. The zero-order valence-electron chi connectivity index (χ0n) is 19.0. The molecule has 1 aliphatic carbocycles. The highest BCUT2D eigenvalue weighted by Crippen LogP contribution is 2.32. The summed E-state index contributed by atoms with van der Waals surface area (Å²) in [6.07, 6.45) is 6.37. The third-order valence-corrected chi connectivity index (χ3v) is 6.57. The van der Waals surface area contributed by atoms with Gasteiger partial charge in [-0.3, -0.25) is 34.6 Å². The molecule has 0 atom stereocenters. The molecule has 1 aliphatic heterocycles. The lowest BCUT2D eigenvalue weighted by atomic mass is 10.2. The van der Waals surface area contributed by atoms with Crippen molar-refractivity contribution < 1.29 is 19.5 Å². The first-order valence-electron chi connectivity index (χ1n) is 11.4. The van der Waals surface area contributed by atoms with Crippen molar-refractivity contribution in [1.82, 2.24) is 20.3 Å². The van der Waals surface area contributed by atoms with E-state index in [0.717, 1.165) is 37.3 Å². The van der Waals surface area contributed by atoms with Crippen molar-refractivity contribution in [1.29, 1.82) is 0 Å². The summed E-state index contributed by atoms with van der Waals surface area (Å²) in [6, 6.07) is 14.0. The minimum atomic E-state index is -0.522. The molecule has 2 aromatic heterocycles. The molecule has 3 heterocycles. The van der Waals surface area contributed by atoms with Crippen LogP contribution in [0.3, 0.4) is 0 Å². The van der Waals surface area contributed by atoms with E-state index in [9.17, 15) is 24.3 Å². The second-order valence-corrected chi connectivity index (χ2v) is 9.37. The summed E-state index contributed by atoms with van der Waals surface area (Å²) in [5.41, 5.74) is 5.34. The molecule has 0 spiro atoms. The molecule has 1 saturated heterocycles. The molecule has 3 aromatic rings. The Kier molecular flexibility index (Phi) is 7.61. The van der Waals surface area contributed by atoms with E-state index in [2.05, 4.69) is 10.9 Å². The molecule has 0 bridgehead atoms. The minimum Gasteiger partial charge on any atom is -0.499 e. The second-order valence-electron chi connectivity index (χ2n) is 8.31. The summed E-state index contributed by atoms with van der Waals surface area (Å²) in [5.74, 6) is -0.164. The summed E-state index contributed by atoms with van der Waals surface area (Å²) < 4.78 is 1.45. The summed E-state index contributed by atoms with van der Waals surface area (Å²) in [6.45, 7) is 2.05. The number of carbonyl (C=O) groups is 3. The van der Waals surface area contributed by atoms with Gasteiger partial charge in [-0.1, -0.05) is 17.4 Å². The van der Waals surface area contributed by atoms with Gasteiger partial charge < -0.3 is 10.0 Å². The van der Waals surface area contributed by atoms with Crippen LogP contribution in [-0.4, -0.2) is 45.4 Å². The van der Waals surface area contributed by atoms with Gasteiger partial charge in [-0.15, -0.1) is 0 Å². The van der Waals surface area contributed by atoms with E-state index in [1.807, 2.05) is 4.90 Å². The third-order valence-electron chi connectivity index (χ3n) is 5.68. The molecule has 2 fully saturated rings. The molecule has 10 heteroatoms. The lowest BCUT2D eigenvalue weighted by molar-refractivity contribution is -0.131. The predicted molar refractivity (Wildman–Crippen MR) is 131 cm³/mol. The van der Waals surface area contributed by atoms with Crippen molar-refractivity contribution in [3.05, 3.63) is 81.6 Å². The number of hydrazine groups is 1. The number of benzene rings is 1. The minimum absolute atomic E-state index is 0.0169. The topological polar surface area (TPSA) is 121 Å². The average Bonchev–Trinajstić information content (AvgIpc) is 3.39. The molecule has 35 heavy (non-hydrogen) atoms. The highest BCUT2D eigenvalue weighted by Gasteiger charge is 2.34. The Morgan fingerprint density at radius 3 is 2.17 bits per heavy atom. The first-order valence-corrected chi connectivity index (χ1v) is 12.2. The number of hydrogen-bond acceptors (Lipinski definition) is 6. The Morgan fingerprint density at radius 1 is 0.886 bits per heavy atom. The fraction of sp³-hybridized carbons (Fsp3) is 0.280. The van der Waals surface area contributed by atoms with Gasteiger partial charge in [0, 0.05) is 42.5 Å². The maximum Gasteiger partial charge on any atom is 0.279 e. The van der Waals surface area contributed by atoms with Crippen LogP contribution in [0.2, 0.25) is 0 Å². The fourth-order valence-corrected chi connectivity index (χ4v) is 4.28. The highest BCUT2D eigenvalue weighted by molar-refractivity contribution is 7.15. The molecule has 3 N–H and O–H groups in total. The van der Waals surface area contributed by atoms with Crippen LogP contribution >= 0.6 is 11.3 Å². The smallest absolute Gasteiger partial charge is 0.279 e. The van der Waals surface area contributed by atoms with Gasteiger partial charge in [0.2, 0.25) is 5.91 Å². The zero-order valence-corrected chi connectivity index (χ0v) is 19.8. The summed E-state index contributed by atoms with van der Waals surface area (Å²) in [5, 5.41) is 9.24. The van der Waals surface area contributed by atoms with Gasteiger partial charge in [0.25, 0.3) is 17.4 Å². The average molecular weight is 495 g/mol. The van der Waals surface area contributed by atoms with E-state index >= 15 is 0 Å². The molecular formula is C25H26N4O5S. The Bertz CT molecular complexity index is 1260. The molecule has 3 amide bonds. The van der Waals surface area contributed by atoms with Crippen molar-refractivity contribution in [2.45, 2.75) is 25.7 Å². The molecule has 182 valence electrons. The van der Waals surface area contributed by atoms with E-state index < -0.39 is 11.8 Å². The SMILES string of the molecule is O=C(C1CC1)N1CCCC1.O=C(NNC(=O)c1ccc(O)s1)c1ccc(-n2ccccc2=O)cc1. The van der Waals surface area contributed by atoms with Gasteiger partial charge >= 0.3 is 0 Å². The number of thiophene rings is 1. The summed E-state index contributed by atoms with van der Waals surface area (Å²) >= 11 is 0.904. The maximum absolute atomic E-state index is 12.1.